The molecule has 5 nitrogen and oxygen atoms in total. The third-order valence-corrected chi connectivity index (χ3v) is 3.98. The Hall–Kier alpha value is -2.40. The second-order valence-corrected chi connectivity index (χ2v) is 5.42. The molecule has 0 bridgehead atoms. The zero-order chi connectivity index (χ0) is 15.4. The first-order valence-electron chi connectivity index (χ1n) is 7.41. The molecule has 1 aliphatic rings. The highest BCUT2D eigenvalue weighted by atomic mass is 16.6. The monoisotopic (exact) mass is 298 g/mol. The van der Waals surface area contributed by atoms with E-state index in [0.717, 1.165) is 19.5 Å². The molecule has 1 aliphatic heterocycles. The number of piperidine rings is 1. The van der Waals surface area contributed by atoms with Crippen LogP contribution in [0.4, 0.5) is 5.69 Å². The van der Waals surface area contributed by atoms with E-state index >= 15 is 0 Å². The van der Waals surface area contributed by atoms with Crippen LogP contribution in [-0.2, 0) is 0 Å². The van der Waals surface area contributed by atoms with Crippen molar-refractivity contribution in [3.8, 4) is 5.75 Å². The molecule has 0 amide bonds. The summed E-state index contributed by atoms with van der Waals surface area (Å²) in [6.07, 6.45) is 0.987. The normalized spacial score (nSPS) is 21.3. The topological polar surface area (TPSA) is 64.4 Å². The predicted octanol–water partition coefficient (Wildman–Crippen LogP) is 3.12. The van der Waals surface area contributed by atoms with Gasteiger partial charge in [0.05, 0.1) is 4.92 Å². The average molecular weight is 298 g/mol. The lowest BCUT2D eigenvalue weighted by Gasteiger charge is -2.32. The maximum absolute atomic E-state index is 10.7. The Labute approximate surface area is 129 Å². The molecule has 0 aromatic heterocycles. The molecule has 1 N–H and O–H groups in total. The number of ether oxygens (including phenoxy) is 1. The van der Waals surface area contributed by atoms with Crippen LogP contribution in [0, 0.1) is 10.1 Å². The van der Waals surface area contributed by atoms with Crippen molar-refractivity contribution >= 4 is 5.69 Å². The molecule has 2 aromatic carbocycles. The van der Waals surface area contributed by atoms with Crippen LogP contribution in [0.25, 0.3) is 0 Å². The average Bonchev–Trinajstić information content (AvgIpc) is 2.57. The van der Waals surface area contributed by atoms with Crippen LogP contribution in [0.2, 0.25) is 0 Å². The minimum absolute atomic E-state index is 0.0742. The number of nitrogens with zero attached hydrogens (tertiary/aromatic N) is 1. The van der Waals surface area contributed by atoms with Gasteiger partial charge in [-0.15, -0.1) is 0 Å². The molecule has 114 valence electrons. The van der Waals surface area contributed by atoms with Gasteiger partial charge >= 0.3 is 0 Å². The number of benzene rings is 2. The number of rotatable bonds is 4. The van der Waals surface area contributed by atoms with Gasteiger partial charge in [-0.2, -0.15) is 0 Å². The van der Waals surface area contributed by atoms with E-state index in [1.165, 1.54) is 17.7 Å². The van der Waals surface area contributed by atoms with Gasteiger partial charge in [0.25, 0.3) is 5.69 Å². The number of nitro groups is 1. The van der Waals surface area contributed by atoms with Gasteiger partial charge in [0.1, 0.15) is 11.9 Å². The van der Waals surface area contributed by atoms with Crippen LogP contribution < -0.4 is 10.1 Å². The molecular weight excluding hydrogens is 280 g/mol. The van der Waals surface area contributed by atoms with Crippen LogP contribution in [0.1, 0.15) is 17.9 Å². The lowest BCUT2D eigenvalue weighted by molar-refractivity contribution is -0.384. The summed E-state index contributed by atoms with van der Waals surface area (Å²) in [5.74, 6) is 0.962. The number of hydrogen-bond donors (Lipinski definition) is 1. The molecule has 1 fully saturated rings. The zero-order valence-corrected chi connectivity index (χ0v) is 12.1. The maximum Gasteiger partial charge on any atom is 0.269 e. The minimum Gasteiger partial charge on any atom is -0.490 e. The SMILES string of the molecule is O=[N+]([O-])c1ccc(OC2CCNCC2c2ccccc2)cc1. The zero-order valence-electron chi connectivity index (χ0n) is 12.1. The Bertz CT molecular complexity index is 628. The molecule has 0 radical (unpaired) electrons. The standard InChI is InChI=1S/C17H18N2O3/c20-19(21)14-6-8-15(9-7-14)22-17-10-11-18-12-16(17)13-4-2-1-3-5-13/h1-9,16-18H,10-12H2. The van der Waals surface area contributed by atoms with Crippen molar-refractivity contribution in [2.24, 2.45) is 0 Å². The number of nitrogens with one attached hydrogen (secondary N) is 1. The molecule has 3 rings (SSSR count). The first-order valence-corrected chi connectivity index (χ1v) is 7.41. The predicted molar refractivity (Wildman–Crippen MR) is 84.2 cm³/mol. The Morgan fingerprint density at radius 2 is 1.82 bits per heavy atom. The van der Waals surface area contributed by atoms with E-state index in [4.69, 9.17) is 4.74 Å². The minimum atomic E-state index is -0.402. The van der Waals surface area contributed by atoms with E-state index in [0.29, 0.717) is 5.75 Å². The molecule has 5 heteroatoms. The van der Waals surface area contributed by atoms with Gasteiger partial charge in [0, 0.05) is 24.6 Å². The molecule has 1 saturated heterocycles. The molecule has 22 heavy (non-hydrogen) atoms. The largest absolute Gasteiger partial charge is 0.490 e. The highest BCUT2D eigenvalue weighted by Crippen LogP contribution is 2.28. The van der Waals surface area contributed by atoms with Crippen molar-refractivity contribution < 1.29 is 9.66 Å². The molecular formula is C17H18N2O3. The van der Waals surface area contributed by atoms with E-state index in [1.807, 2.05) is 18.2 Å². The molecule has 1 heterocycles. The summed E-state index contributed by atoms with van der Waals surface area (Å²) in [6, 6.07) is 16.6. The molecule has 0 spiro atoms. The number of non-ortho nitro benzene ring substituents is 1. The van der Waals surface area contributed by atoms with Gasteiger partial charge in [0.2, 0.25) is 0 Å². The fourth-order valence-electron chi connectivity index (χ4n) is 2.83. The third kappa shape index (κ3) is 3.26. The Morgan fingerprint density at radius 1 is 1.09 bits per heavy atom. The molecule has 2 unspecified atom stereocenters. The van der Waals surface area contributed by atoms with E-state index in [-0.39, 0.29) is 17.7 Å². The van der Waals surface area contributed by atoms with Crippen LogP contribution in [0.3, 0.4) is 0 Å². The van der Waals surface area contributed by atoms with Gasteiger partial charge < -0.3 is 10.1 Å². The highest BCUT2D eigenvalue weighted by Gasteiger charge is 2.28. The second kappa shape index (κ2) is 6.58. The van der Waals surface area contributed by atoms with E-state index in [9.17, 15) is 10.1 Å². The number of nitro benzene ring substituents is 1. The van der Waals surface area contributed by atoms with Gasteiger partial charge in [-0.05, 0) is 30.7 Å². The molecule has 2 atom stereocenters. The summed E-state index contributed by atoms with van der Waals surface area (Å²) >= 11 is 0. The summed E-state index contributed by atoms with van der Waals surface area (Å²) in [6.45, 7) is 1.79. The van der Waals surface area contributed by atoms with Gasteiger partial charge in [-0.25, -0.2) is 0 Å². The summed E-state index contributed by atoms with van der Waals surface area (Å²) in [5.41, 5.74) is 1.33. The molecule has 0 saturated carbocycles. The molecule has 2 aromatic rings. The summed E-state index contributed by atoms with van der Waals surface area (Å²) < 4.78 is 6.09. The quantitative estimate of drug-likeness (QED) is 0.696. The smallest absolute Gasteiger partial charge is 0.269 e. The van der Waals surface area contributed by atoms with Crippen molar-refractivity contribution in [2.45, 2.75) is 18.4 Å². The summed E-state index contributed by atoms with van der Waals surface area (Å²) in [7, 11) is 0. The van der Waals surface area contributed by atoms with E-state index in [1.54, 1.807) is 12.1 Å². The lowest BCUT2D eigenvalue weighted by Crippen LogP contribution is -2.41. The molecule has 0 aliphatic carbocycles. The van der Waals surface area contributed by atoms with Crippen LogP contribution >= 0.6 is 0 Å². The summed E-state index contributed by atoms with van der Waals surface area (Å²) in [5, 5.41) is 14.1. The highest BCUT2D eigenvalue weighted by molar-refractivity contribution is 5.36. The van der Waals surface area contributed by atoms with Crippen LogP contribution in [-0.4, -0.2) is 24.1 Å². The first-order chi connectivity index (χ1) is 10.7. The van der Waals surface area contributed by atoms with Crippen LogP contribution in [0.5, 0.6) is 5.75 Å². The Balaban J connectivity index is 1.75. The van der Waals surface area contributed by atoms with Crippen molar-refractivity contribution in [3.63, 3.8) is 0 Å². The Morgan fingerprint density at radius 3 is 2.50 bits per heavy atom. The van der Waals surface area contributed by atoms with Crippen molar-refractivity contribution in [3.05, 3.63) is 70.3 Å². The third-order valence-electron chi connectivity index (χ3n) is 3.98. The van der Waals surface area contributed by atoms with Gasteiger partial charge in [-0.3, -0.25) is 10.1 Å². The second-order valence-electron chi connectivity index (χ2n) is 5.42. The van der Waals surface area contributed by atoms with Gasteiger partial charge in [-0.1, -0.05) is 30.3 Å². The fraction of sp³-hybridized carbons (Fsp3) is 0.294. The van der Waals surface area contributed by atoms with Gasteiger partial charge in [0.15, 0.2) is 0 Å². The maximum atomic E-state index is 10.7. The van der Waals surface area contributed by atoms with E-state index in [2.05, 4.69) is 17.4 Å². The van der Waals surface area contributed by atoms with Crippen LogP contribution in [0.15, 0.2) is 54.6 Å². The first kappa shape index (κ1) is 14.5. The Kier molecular flexibility index (Phi) is 4.34. The number of hydrogen-bond acceptors (Lipinski definition) is 4. The van der Waals surface area contributed by atoms with Crippen molar-refractivity contribution in [1.29, 1.82) is 0 Å². The van der Waals surface area contributed by atoms with E-state index < -0.39 is 4.92 Å². The van der Waals surface area contributed by atoms with Crippen molar-refractivity contribution in [1.82, 2.24) is 5.32 Å². The lowest BCUT2D eigenvalue weighted by atomic mass is 9.89. The van der Waals surface area contributed by atoms with Crippen molar-refractivity contribution in [2.75, 3.05) is 13.1 Å². The fourth-order valence-corrected chi connectivity index (χ4v) is 2.83. The summed E-state index contributed by atoms with van der Waals surface area (Å²) in [4.78, 5) is 10.3.